The molecular weight excluding hydrogens is 325 g/mol. The molecule has 24 heavy (non-hydrogen) atoms. The minimum Gasteiger partial charge on any atom is -0.503 e. The fourth-order valence-electron chi connectivity index (χ4n) is 3.08. The van der Waals surface area contributed by atoms with E-state index in [-0.39, 0.29) is 12.1 Å². The van der Waals surface area contributed by atoms with Gasteiger partial charge < -0.3 is 14.7 Å². The van der Waals surface area contributed by atoms with Crippen molar-refractivity contribution >= 4 is 5.91 Å². The number of carbonyl (C=O) groups excluding carboxylic acids is 1. The fraction of sp³-hybridized carbons (Fsp3) is 0.562. The summed E-state index contributed by atoms with van der Waals surface area (Å²) in [6.45, 7) is 5.71. The zero-order valence-corrected chi connectivity index (χ0v) is 13.9. The molecule has 2 atom stereocenters. The van der Waals surface area contributed by atoms with E-state index in [1.807, 2.05) is 13.8 Å². The Morgan fingerprint density at radius 3 is 2.38 bits per heavy atom. The molecule has 1 amide bonds. The normalized spacial score (nSPS) is 22.0. The maximum atomic E-state index is 14.0. The highest BCUT2D eigenvalue weighted by atomic mass is 19.2. The highest BCUT2D eigenvalue weighted by Crippen LogP contribution is 2.27. The van der Waals surface area contributed by atoms with Crippen molar-refractivity contribution in [2.45, 2.75) is 25.9 Å². The number of phenols is 1. The van der Waals surface area contributed by atoms with Gasteiger partial charge in [0.2, 0.25) is 5.82 Å². The number of hydrogen-bond donors (Lipinski definition) is 1. The summed E-state index contributed by atoms with van der Waals surface area (Å²) in [6, 6.07) is 0.476. The number of carbonyl (C=O) groups is 1. The Bertz CT molecular complexity index is 615. The highest BCUT2D eigenvalue weighted by Gasteiger charge is 2.34. The molecule has 0 radical (unpaired) electrons. The van der Waals surface area contributed by atoms with Gasteiger partial charge in [-0.15, -0.1) is 0 Å². The molecular formula is C16H21F3N2O3. The summed E-state index contributed by atoms with van der Waals surface area (Å²) in [5, 5.41) is 9.28. The number of piperazine rings is 1. The molecule has 1 heterocycles. The van der Waals surface area contributed by atoms with E-state index in [9.17, 15) is 23.1 Å². The van der Waals surface area contributed by atoms with Gasteiger partial charge in [0.15, 0.2) is 17.4 Å². The molecule has 1 aromatic rings. The van der Waals surface area contributed by atoms with Crippen LogP contribution in [0.1, 0.15) is 24.2 Å². The monoisotopic (exact) mass is 346 g/mol. The average molecular weight is 346 g/mol. The van der Waals surface area contributed by atoms with Crippen LogP contribution in [-0.2, 0) is 4.74 Å². The van der Waals surface area contributed by atoms with Crippen LogP contribution >= 0.6 is 0 Å². The van der Waals surface area contributed by atoms with Crippen molar-refractivity contribution in [3.8, 4) is 5.75 Å². The number of nitrogens with zero attached hydrogens (tertiary/aromatic N) is 2. The van der Waals surface area contributed by atoms with Gasteiger partial charge in [-0.3, -0.25) is 9.69 Å². The van der Waals surface area contributed by atoms with Crippen molar-refractivity contribution in [2.24, 2.45) is 0 Å². The molecule has 1 saturated heterocycles. The second kappa shape index (κ2) is 7.40. The lowest BCUT2D eigenvalue weighted by Gasteiger charge is -2.44. The van der Waals surface area contributed by atoms with Crippen molar-refractivity contribution in [1.82, 2.24) is 9.80 Å². The van der Waals surface area contributed by atoms with Crippen LogP contribution in [-0.4, -0.2) is 66.2 Å². The summed E-state index contributed by atoms with van der Waals surface area (Å²) >= 11 is 0. The quantitative estimate of drug-likeness (QED) is 0.848. The van der Waals surface area contributed by atoms with Crippen LogP contribution in [0.3, 0.4) is 0 Å². The van der Waals surface area contributed by atoms with Gasteiger partial charge >= 0.3 is 0 Å². The Balaban J connectivity index is 2.20. The first-order valence-corrected chi connectivity index (χ1v) is 7.68. The second-order valence-electron chi connectivity index (χ2n) is 6.02. The standard InChI is InChI=1S/C16H21F3N2O3/c1-9-7-20(8-10(2)21(9)4-5-24-3)16(23)11-6-12(17)14(19)15(22)13(11)18/h6,9-10,22H,4-5,7-8H2,1-3H3. The Labute approximate surface area is 138 Å². The topological polar surface area (TPSA) is 53.0 Å². The number of benzene rings is 1. The molecule has 0 aromatic heterocycles. The van der Waals surface area contributed by atoms with E-state index >= 15 is 0 Å². The predicted molar refractivity (Wildman–Crippen MR) is 81.4 cm³/mol. The van der Waals surface area contributed by atoms with E-state index in [4.69, 9.17) is 4.74 Å². The van der Waals surface area contributed by atoms with Crippen molar-refractivity contribution in [3.05, 3.63) is 29.1 Å². The molecule has 2 unspecified atom stereocenters. The fourth-order valence-corrected chi connectivity index (χ4v) is 3.08. The van der Waals surface area contributed by atoms with Gasteiger partial charge in [-0.05, 0) is 19.9 Å². The van der Waals surface area contributed by atoms with Crippen molar-refractivity contribution in [2.75, 3.05) is 33.4 Å². The minimum atomic E-state index is -1.70. The first-order valence-electron chi connectivity index (χ1n) is 7.68. The van der Waals surface area contributed by atoms with Gasteiger partial charge in [-0.2, -0.15) is 4.39 Å². The zero-order valence-electron chi connectivity index (χ0n) is 13.9. The van der Waals surface area contributed by atoms with Crippen LogP contribution in [0.2, 0.25) is 0 Å². The van der Waals surface area contributed by atoms with E-state index < -0.39 is 34.7 Å². The summed E-state index contributed by atoms with van der Waals surface area (Å²) < 4.78 is 45.6. The first kappa shape index (κ1) is 18.5. The summed E-state index contributed by atoms with van der Waals surface area (Å²) in [5.74, 6) is -6.85. The van der Waals surface area contributed by atoms with E-state index in [0.717, 1.165) is 0 Å². The van der Waals surface area contributed by atoms with Gasteiger partial charge in [0.05, 0.1) is 12.2 Å². The molecule has 1 aromatic carbocycles. The third-order valence-corrected chi connectivity index (χ3v) is 4.31. The number of rotatable bonds is 4. The Hall–Kier alpha value is -1.80. The van der Waals surface area contributed by atoms with Crippen LogP contribution in [0.4, 0.5) is 13.2 Å². The number of halogens is 3. The Morgan fingerprint density at radius 2 is 1.83 bits per heavy atom. The maximum absolute atomic E-state index is 14.0. The lowest BCUT2D eigenvalue weighted by atomic mass is 10.1. The van der Waals surface area contributed by atoms with Crippen LogP contribution < -0.4 is 0 Å². The SMILES string of the molecule is COCCN1C(C)CN(C(=O)c2cc(F)c(F)c(O)c2F)CC1C. The second-order valence-corrected chi connectivity index (χ2v) is 6.02. The number of phenolic OH excluding ortho intramolecular Hbond substituents is 1. The molecule has 134 valence electrons. The van der Waals surface area contributed by atoms with Crippen LogP contribution in [0, 0.1) is 17.5 Å². The molecule has 0 saturated carbocycles. The molecule has 1 fully saturated rings. The van der Waals surface area contributed by atoms with Gasteiger partial charge in [-0.25, -0.2) is 8.78 Å². The first-order chi connectivity index (χ1) is 11.3. The number of aromatic hydroxyl groups is 1. The molecule has 0 bridgehead atoms. The number of methoxy groups -OCH3 is 1. The smallest absolute Gasteiger partial charge is 0.257 e. The van der Waals surface area contributed by atoms with Gasteiger partial charge in [-0.1, -0.05) is 0 Å². The molecule has 1 aliphatic rings. The van der Waals surface area contributed by atoms with Gasteiger partial charge in [0, 0.05) is 38.8 Å². The summed E-state index contributed by atoms with van der Waals surface area (Å²) in [7, 11) is 1.60. The van der Waals surface area contributed by atoms with Crippen LogP contribution in [0.5, 0.6) is 5.75 Å². The van der Waals surface area contributed by atoms with E-state index in [2.05, 4.69) is 4.90 Å². The lowest BCUT2D eigenvalue weighted by molar-refractivity contribution is 0.0190. The highest BCUT2D eigenvalue weighted by molar-refractivity contribution is 5.95. The van der Waals surface area contributed by atoms with Crippen LogP contribution in [0.25, 0.3) is 0 Å². The molecule has 0 spiro atoms. The maximum Gasteiger partial charge on any atom is 0.257 e. The number of ether oxygens (including phenoxy) is 1. The summed E-state index contributed by atoms with van der Waals surface area (Å²) in [5.41, 5.74) is -0.670. The van der Waals surface area contributed by atoms with E-state index in [0.29, 0.717) is 32.3 Å². The summed E-state index contributed by atoms with van der Waals surface area (Å²) in [4.78, 5) is 16.0. The Kier molecular flexibility index (Phi) is 5.71. The van der Waals surface area contributed by atoms with Crippen molar-refractivity contribution in [3.63, 3.8) is 0 Å². The average Bonchev–Trinajstić information content (AvgIpc) is 2.54. The third kappa shape index (κ3) is 3.49. The van der Waals surface area contributed by atoms with E-state index in [1.165, 1.54) is 4.90 Å². The van der Waals surface area contributed by atoms with Gasteiger partial charge in [0.25, 0.3) is 5.91 Å². The predicted octanol–water partition coefficient (Wildman–Crippen LogP) is 1.99. The molecule has 1 aliphatic heterocycles. The van der Waals surface area contributed by atoms with Crippen LogP contribution in [0.15, 0.2) is 6.07 Å². The molecule has 0 aliphatic carbocycles. The number of amides is 1. The molecule has 1 N–H and O–H groups in total. The van der Waals surface area contributed by atoms with E-state index in [1.54, 1.807) is 7.11 Å². The number of hydrogen-bond acceptors (Lipinski definition) is 4. The minimum absolute atomic E-state index is 0.00481. The lowest BCUT2D eigenvalue weighted by Crippen LogP contribution is -2.58. The van der Waals surface area contributed by atoms with Crippen molar-refractivity contribution in [1.29, 1.82) is 0 Å². The molecule has 5 nitrogen and oxygen atoms in total. The van der Waals surface area contributed by atoms with Gasteiger partial charge in [0.1, 0.15) is 0 Å². The third-order valence-electron chi connectivity index (χ3n) is 4.31. The molecule has 2 rings (SSSR count). The Morgan fingerprint density at radius 1 is 1.25 bits per heavy atom. The molecule has 8 heteroatoms. The largest absolute Gasteiger partial charge is 0.503 e. The van der Waals surface area contributed by atoms with Crippen molar-refractivity contribution < 1.29 is 27.8 Å². The zero-order chi connectivity index (χ0) is 18.0. The summed E-state index contributed by atoms with van der Waals surface area (Å²) in [6.07, 6.45) is 0.